The van der Waals surface area contributed by atoms with Crippen LogP contribution in [0.2, 0.25) is 0 Å². The fourth-order valence-corrected chi connectivity index (χ4v) is 1.53. The van der Waals surface area contributed by atoms with Crippen molar-refractivity contribution in [1.29, 1.82) is 0 Å². The minimum atomic E-state index is -0.746. The molecule has 7 nitrogen and oxygen atoms in total. The first-order valence-corrected chi connectivity index (χ1v) is 4.64. The average Bonchev–Trinajstić information content (AvgIpc) is 2.62. The molecule has 1 aromatic heterocycles. The standard InChI is InChI=1S/C7H8N4O3S/c1-14-11-5(6(8)13)7-10-4(2-15-7)9-3-12/h2-3H,1H3,(H2,8,13)(H,9,12)/b11-5+. The van der Waals surface area contributed by atoms with E-state index >= 15 is 0 Å². The van der Waals surface area contributed by atoms with Gasteiger partial charge in [0.1, 0.15) is 12.9 Å². The Morgan fingerprint density at radius 2 is 2.53 bits per heavy atom. The van der Waals surface area contributed by atoms with Gasteiger partial charge < -0.3 is 15.9 Å². The first-order chi connectivity index (χ1) is 7.19. The molecule has 15 heavy (non-hydrogen) atoms. The number of rotatable bonds is 5. The van der Waals surface area contributed by atoms with Gasteiger partial charge in [0.05, 0.1) is 0 Å². The highest BCUT2D eigenvalue weighted by molar-refractivity contribution is 7.13. The Morgan fingerprint density at radius 3 is 3.07 bits per heavy atom. The molecule has 0 aliphatic carbocycles. The minimum absolute atomic E-state index is 0.0820. The first-order valence-electron chi connectivity index (χ1n) is 3.76. The Morgan fingerprint density at radius 1 is 1.80 bits per heavy atom. The van der Waals surface area contributed by atoms with E-state index in [0.717, 1.165) is 11.3 Å². The molecule has 0 unspecified atom stereocenters. The van der Waals surface area contributed by atoms with E-state index in [4.69, 9.17) is 5.73 Å². The van der Waals surface area contributed by atoms with Gasteiger partial charge in [-0.15, -0.1) is 11.3 Å². The highest BCUT2D eigenvalue weighted by atomic mass is 32.1. The summed E-state index contributed by atoms with van der Waals surface area (Å²) in [7, 11) is 1.29. The van der Waals surface area contributed by atoms with Crippen LogP contribution in [-0.2, 0) is 14.4 Å². The Kier molecular flexibility index (Phi) is 3.75. The van der Waals surface area contributed by atoms with Crippen LogP contribution < -0.4 is 11.1 Å². The van der Waals surface area contributed by atoms with Crippen molar-refractivity contribution in [3.63, 3.8) is 0 Å². The topological polar surface area (TPSA) is 107 Å². The van der Waals surface area contributed by atoms with Crippen LogP contribution in [0.5, 0.6) is 0 Å². The van der Waals surface area contributed by atoms with Crippen molar-refractivity contribution in [2.24, 2.45) is 10.9 Å². The molecule has 1 heterocycles. The molecule has 0 bridgehead atoms. The lowest BCUT2D eigenvalue weighted by atomic mass is 10.4. The summed E-state index contributed by atoms with van der Waals surface area (Å²) in [6.45, 7) is 0. The van der Waals surface area contributed by atoms with Crippen LogP contribution in [0.1, 0.15) is 5.01 Å². The van der Waals surface area contributed by atoms with Crippen LogP contribution >= 0.6 is 11.3 Å². The molecule has 0 aliphatic heterocycles. The van der Waals surface area contributed by atoms with Crippen molar-refractivity contribution >= 4 is 35.2 Å². The van der Waals surface area contributed by atoms with E-state index < -0.39 is 5.91 Å². The zero-order chi connectivity index (χ0) is 11.3. The van der Waals surface area contributed by atoms with Crippen LogP contribution in [0.25, 0.3) is 0 Å². The molecule has 0 aromatic carbocycles. The maximum atomic E-state index is 10.9. The minimum Gasteiger partial charge on any atom is -0.398 e. The zero-order valence-corrected chi connectivity index (χ0v) is 8.58. The van der Waals surface area contributed by atoms with E-state index in [0.29, 0.717) is 12.2 Å². The number of anilines is 1. The van der Waals surface area contributed by atoms with Crippen LogP contribution in [-0.4, -0.2) is 30.1 Å². The molecule has 0 atom stereocenters. The second-order valence-corrected chi connectivity index (χ2v) is 3.14. The Hall–Kier alpha value is -1.96. The van der Waals surface area contributed by atoms with Gasteiger partial charge in [-0.1, -0.05) is 5.16 Å². The third kappa shape index (κ3) is 2.74. The maximum absolute atomic E-state index is 10.9. The quantitative estimate of drug-likeness (QED) is 0.404. The van der Waals surface area contributed by atoms with E-state index in [1.54, 1.807) is 5.38 Å². The van der Waals surface area contributed by atoms with Gasteiger partial charge in [0, 0.05) is 5.38 Å². The number of aromatic nitrogens is 1. The molecule has 0 fully saturated rings. The predicted octanol–water partition coefficient (Wildman–Crippen LogP) is -0.453. The van der Waals surface area contributed by atoms with Crippen molar-refractivity contribution in [1.82, 2.24) is 4.98 Å². The molecule has 8 heteroatoms. The molecule has 0 saturated carbocycles. The maximum Gasteiger partial charge on any atom is 0.273 e. The molecule has 0 spiro atoms. The summed E-state index contributed by atoms with van der Waals surface area (Å²) in [6, 6.07) is 0. The van der Waals surface area contributed by atoms with Crippen molar-refractivity contribution in [3.8, 4) is 0 Å². The molecular weight excluding hydrogens is 220 g/mol. The molecule has 0 saturated heterocycles. The lowest BCUT2D eigenvalue weighted by molar-refractivity contribution is -0.112. The molecule has 1 rings (SSSR count). The summed E-state index contributed by atoms with van der Waals surface area (Å²) in [5, 5.41) is 7.62. The summed E-state index contributed by atoms with van der Waals surface area (Å²) in [5.74, 6) is -0.418. The first kappa shape index (κ1) is 11.1. The lowest BCUT2D eigenvalue weighted by Gasteiger charge is -1.95. The zero-order valence-electron chi connectivity index (χ0n) is 7.76. The fourth-order valence-electron chi connectivity index (χ4n) is 0.790. The number of oxime groups is 1. The summed E-state index contributed by atoms with van der Waals surface area (Å²) < 4.78 is 0. The fraction of sp³-hybridized carbons (Fsp3) is 0.143. The van der Waals surface area contributed by atoms with Gasteiger partial charge in [-0.05, 0) is 0 Å². The van der Waals surface area contributed by atoms with Crippen LogP contribution in [0.15, 0.2) is 10.5 Å². The van der Waals surface area contributed by atoms with E-state index in [1.165, 1.54) is 7.11 Å². The number of nitrogens with zero attached hydrogens (tertiary/aromatic N) is 2. The van der Waals surface area contributed by atoms with Gasteiger partial charge in [0.15, 0.2) is 5.01 Å². The van der Waals surface area contributed by atoms with Crippen molar-refractivity contribution in [2.45, 2.75) is 0 Å². The number of primary amides is 1. The second-order valence-electron chi connectivity index (χ2n) is 2.29. The van der Waals surface area contributed by atoms with E-state index in [2.05, 4.69) is 20.3 Å². The van der Waals surface area contributed by atoms with Crippen molar-refractivity contribution in [3.05, 3.63) is 10.4 Å². The summed E-state index contributed by atoms with van der Waals surface area (Å²) in [4.78, 5) is 29.4. The SMILES string of the molecule is CO/N=C(\C(N)=O)c1nc(NC=O)cs1. The molecule has 1 aromatic rings. The van der Waals surface area contributed by atoms with Gasteiger partial charge in [0.25, 0.3) is 5.91 Å². The van der Waals surface area contributed by atoms with Gasteiger partial charge >= 0.3 is 0 Å². The third-order valence-electron chi connectivity index (χ3n) is 1.33. The number of nitrogens with two attached hydrogens (primary N) is 1. The molecule has 80 valence electrons. The molecule has 2 amide bonds. The van der Waals surface area contributed by atoms with E-state index in [1.807, 2.05) is 0 Å². The molecule has 0 radical (unpaired) electrons. The largest absolute Gasteiger partial charge is 0.398 e. The third-order valence-corrected chi connectivity index (χ3v) is 2.18. The lowest BCUT2D eigenvalue weighted by Crippen LogP contribution is -2.24. The Labute approximate surface area is 88.9 Å². The number of carbonyl (C=O) groups is 2. The Bertz CT molecular complexity index is 401. The molecule has 3 N–H and O–H groups in total. The number of hydrogen-bond acceptors (Lipinski definition) is 6. The van der Waals surface area contributed by atoms with Gasteiger partial charge in [-0.25, -0.2) is 4.98 Å². The predicted molar refractivity (Wildman–Crippen MR) is 54.5 cm³/mol. The van der Waals surface area contributed by atoms with E-state index in [9.17, 15) is 9.59 Å². The van der Waals surface area contributed by atoms with Crippen LogP contribution in [0, 0.1) is 0 Å². The van der Waals surface area contributed by atoms with Gasteiger partial charge in [-0.2, -0.15) is 0 Å². The Balaban J connectivity index is 2.97. The normalized spacial score (nSPS) is 10.9. The molecule has 0 aliphatic rings. The number of thiazole rings is 1. The number of carbonyl (C=O) groups excluding carboxylic acids is 2. The van der Waals surface area contributed by atoms with E-state index in [-0.39, 0.29) is 10.7 Å². The number of amides is 2. The number of hydrogen-bond donors (Lipinski definition) is 2. The number of nitrogens with one attached hydrogen (secondary N) is 1. The van der Waals surface area contributed by atoms with Crippen molar-refractivity contribution < 1.29 is 14.4 Å². The summed E-state index contributed by atoms with van der Waals surface area (Å²) in [5.41, 5.74) is 4.98. The monoisotopic (exact) mass is 228 g/mol. The average molecular weight is 228 g/mol. The van der Waals surface area contributed by atoms with Crippen LogP contribution in [0.3, 0.4) is 0 Å². The van der Waals surface area contributed by atoms with Gasteiger partial charge in [0.2, 0.25) is 12.1 Å². The second kappa shape index (κ2) is 5.05. The summed E-state index contributed by atoms with van der Waals surface area (Å²) in [6.07, 6.45) is 0.482. The summed E-state index contributed by atoms with van der Waals surface area (Å²) >= 11 is 1.12. The van der Waals surface area contributed by atoms with Gasteiger partial charge in [-0.3, -0.25) is 9.59 Å². The molecular formula is C7H8N4O3S. The smallest absolute Gasteiger partial charge is 0.273 e. The van der Waals surface area contributed by atoms with Crippen LogP contribution in [0.4, 0.5) is 5.82 Å². The van der Waals surface area contributed by atoms with Crippen molar-refractivity contribution in [2.75, 3.05) is 12.4 Å². The highest BCUT2D eigenvalue weighted by Crippen LogP contribution is 2.14. The highest BCUT2D eigenvalue weighted by Gasteiger charge is 2.15.